The summed E-state index contributed by atoms with van der Waals surface area (Å²) in [6, 6.07) is 0. The molecule has 1 aliphatic carbocycles. The molecule has 0 unspecified atom stereocenters. The van der Waals surface area contributed by atoms with Crippen LogP contribution in [0.15, 0.2) is 4.79 Å². The second-order valence-electron chi connectivity index (χ2n) is 6.13. The van der Waals surface area contributed by atoms with E-state index < -0.39 is 11.4 Å². The first kappa shape index (κ1) is 14.2. The summed E-state index contributed by atoms with van der Waals surface area (Å²) in [5.41, 5.74) is -0.167. The van der Waals surface area contributed by atoms with Gasteiger partial charge >= 0.3 is 5.97 Å². The summed E-state index contributed by atoms with van der Waals surface area (Å²) in [4.78, 5) is 25.8. The van der Waals surface area contributed by atoms with Crippen molar-refractivity contribution in [3.8, 4) is 0 Å². The molecular weight excluding hydrogens is 290 g/mol. The number of fused-ring (bicyclic) bond motifs is 3. The zero-order valence-electron chi connectivity index (χ0n) is 12.0. The van der Waals surface area contributed by atoms with Gasteiger partial charge in [-0.2, -0.15) is 0 Å². The highest BCUT2D eigenvalue weighted by atomic mass is 32.1. The number of carbonyl (C=O) groups is 1. The number of thiophene rings is 1. The Balaban J connectivity index is 2.12. The number of hydrogen-bond donors (Lipinski definition) is 1. The van der Waals surface area contributed by atoms with Crippen molar-refractivity contribution in [1.82, 2.24) is 15.0 Å². The molecule has 0 amide bonds. The van der Waals surface area contributed by atoms with Crippen LogP contribution in [0, 0.1) is 5.41 Å². The molecule has 0 spiro atoms. The van der Waals surface area contributed by atoms with Gasteiger partial charge in [0, 0.05) is 4.88 Å². The zero-order valence-corrected chi connectivity index (χ0v) is 12.9. The standard InChI is InChI=1S/C14H17N3O3S/c1-14(2,13(19)20)7-17-12(18)10-8-5-3-4-6-9(8)21-11(10)15-16-17/h3-7H2,1-2H3,(H,19,20). The maximum absolute atomic E-state index is 12.6. The normalized spacial score (nSPS) is 15.1. The van der Waals surface area contributed by atoms with E-state index >= 15 is 0 Å². The molecule has 0 atom stereocenters. The predicted octanol–water partition coefficient (Wildman–Crippen LogP) is 1.84. The first-order valence-corrected chi connectivity index (χ1v) is 7.83. The molecule has 2 aromatic rings. The Morgan fingerprint density at radius 2 is 2.10 bits per heavy atom. The van der Waals surface area contributed by atoms with Crippen molar-refractivity contribution in [2.24, 2.45) is 5.41 Å². The van der Waals surface area contributed by atoms with E-state index in [0.717, 1.165) is 31.2 Å². The molecule has 0 aliphatic heterocycles. The molecule has 0 saturated heterocycles. The van der Waals surface area contributed by atoms with Crippen LogP contribution in [0.5, 0.6) is 0 Å². The SMILES string of the molecule is CC(C)(Cn1nnc2sc3c(c2c1=O)CCCC3)C(=O)O. The van der Waals surface area contributed by atoms with Crippen molar-refractivity contribution in [3.63, 3.8) is 0 Å². The van der Waals surface area contributed by atoms with Crippen LogP contribution >= 0.6 is 11.3 Å². The van der Waals surface area contributed by atoms with E-state index in [9.17, 15) is 14.7 Å². The van der Waals surface area contributed by atoms with E-state index in [1.807, 2.05) is 0 Å². The van der Waals surface area contributed by atoms with Crippen LogP contribution in [-0.4, -0.2) is 26.1 Å². The van der Waals surface area contributed by atoms with E-state index in [1.165, 1.54) is 9.56 Å². The number of aliphatic carboxylic acids is 1. The summed E-state index contributed by atoms with van der Waals surface area (Å²) in [6.45, 7) is 3.18. The highest BCUT2D eigenvalue weighted by molar-refractivity contribution is 7.18. The molecular formula is C14H17N3O3S. The Morgan fingerprint density at radius 1 is 1.38 bits per heavy atom. The highest BCUT2D eigenvalue weighted by Gasteiger charge is 2.30. The molecule has 1 aliphatic rings. The molecule has 6 nitrogen and oxygen atoms in total. The van der Waals surface area contributed by atoms with Crippen LogP contribution in [0.4, 0.5) is 0 Å². The minimum Gasteiger partial charge on any atom is -0.481 e. The summed E-state index contributed by atoms with van der Waals surface area (Å²) in [7, 11) is 0. The Hall–Kier alpha value is -1.76. The molecule has 21 heavy (non-hydrogen) atoms. The molecule has 0 saturated carbocycles. The summed E-state index contributed by atoms with van der Waals surface area (Å²) in [5.74, 6) is -0.955. The summed E-state index contributed by atoms with van der Waals surface area (Å²) < 4.78 is 1.19. The molecule has 2 aromatic heterocycles. The van der Waals surface area contributed by atoms with Crippen LogP contribution in [0.2, 0.25) is 0 Å². The monoisotopic (exact) mass is 307 g/mol. The second kappa shape index (κ2) is 4.91. The fourth-order valence-electron chi connectivity index (χ4n) is 2.65. The minimum atomic E-state index is -1.05. The molecule has 3 rings (SSSR count). The van der Waals surface area contributed by atoms with Crippen LogP contribution in [0.3, 0.4) is 0 Å². The van der Waals surface area contributed by atoms with E-state index in [0.29, 0.717) is 10.2 Å². The fraction of sp³-hybridized carbons (Fsp3) is 0.571. The highest BCUT2D eigenvalue weighted by Crippen LogP contribution is 2.33. The van der Waals surface area contributed by atoms with Gasteiger partial charge in [0.15, 0.2) is 4.83 Å². The smallest absolute Gasteiger partial charge is 0.310 e. The summed E-state index contributed by atoms with van der Waals surface area (Å²) >= 11 is 1.54. The van der Waals surface area contributed by atoms with Crippen LogP contribution in [0.1, 0.15) is 37.1 Å². The van der Waals surface area contributed by atoms with Crippen LogP contribution in [-0.2, 0) is 24.2 Å². The van der Waals surface area contributed by atoms with Gasteiger partial charge in [-0.3, -0.25) is 9.59 Å². The van der Waals surface area contributed by atoms with Gasteiger partial charge in [-0.1, -0.05) is 5.21 Å². The van der Waals surface area contributed by atoms with Gasteiger partial charge in [0.2, 0.25) is 0 Å². The maximum Gasteiger partial charge on any atom is 0.310 e. The summed E-state index contributed by atoms with van der Waals surface area (Å²) in [6.07, 6.45) is 4.13. The number of carboxylic acid groups (broad SMARTS) is 1. The van der Waals surface area contributed by atoms with Crippen molar-refractivity contribution in [1.29, 1.82) is 0 Å². The van der Waals surface area contributed by atoms with Crippen LogP contribution in [0.25, 0.3) is 10.2 Å². The second-order valence-corrected chi connectivity index (χ2v) is 7.22. The molecule has 0 aromatic carbocycles. The van der Waals surface area contributed by atoms with Crippen molar-refractivity contribution >= 4 is 27.5 Å². The number of carboxylic acids is 1. The van der Waals surface area contributed by atoms with Gasteiger partial charge in [-0.15, -0.1) is 16.4 Å². The average molecular weight is 307 g/mol. The minimum absolute atomic E-state index is 0.0225. The summed E-state index contributed by atoms with van der Waals surface area (Å²) in [5, 5.41) is 17.9. The van der Waals surface area contributed by atoms with Crippen LogP contribution < -0.4 is 5.56 Å². The fourth-order valence-corrected chi connectivity index (χ4v) is 3.85. The molecule has 112 valence electrons. The Kier molecular flexibility index (Phi) is 3.32. The number of rotatable bonds is 3. The van der Waals surface area contributed by atoms with E-state index in [-0.39, 0.29) is 12.1 Å². The number of aryl methyl sites for hydroxylation is 2. The number of hydrogen-bond acceptors (Lipinski definition) is 5. The Labute approximate surface area is 125 Å². The quantitative estimate of drug-likeness (QED) is 0.935. The van der Waals surface area contributed by atoms with E-state index in [2.05, 4.69) is 10.3 Å². The molecule has 0 bridgehead atoms. The lowest BCUT2D eigenvalue weighted by Crippen LogP contribution is -2.36. The average Bonchev–Trinajstić information content (AvgIpc) is 2.80. The van der Waals surface area contributed by atoms with Crippen molar-refractivity contribution < 1.29 is 9.90 Å². The van der Waals surface area contributed by atoms with Gasteiger partial charge in [0.05, 0.1) is 17.3 Å². The van der Waals surface area contributed by atoms with Gasteiger partial charge in [-0.25, -0.2) is 4.68 Å². The van der Waals surface area contributed by atoms with Crippen molar-refractivity contribution in [2.75, 3.05) is 0 Å². The first-order valence-electron chi connectivity index (χ1n) is 7.01. The zero-order chi connectivity index (χ0) is 15.2. The molecule has 0 radical (unpaired) electrons. The van der Waals surface area contributed by atoms with Crippen molar-refractivity contribution in [2.45, 2.75) is 46.1 Å². The lowest BCUT2D eigenvalue weighted by Gasteiger charge is -2.18. The van der Waals surface area contributed by atoms with Crippen molar-refractivity contribution in [3.05, 3.63) is 20.8 Å². The number of nitrogens with zero attached hydrogens (tertiary/aromatic N) is 3. The van der Waals surface area contributed by atoms with Gasteiger partial charge in [0.1, 0.15) is 0 Å². The first-order chi connectivity index (χ1) is 9.90. The third kappa shape index (κ3) is 2.35. The van der Waals surface area contributed by atoms with Gasteiger partial charge in [-0.05, 0) is 45.1 Å². The molecule has 2 heterocycles. The molecule has 1 N–H and O–H groups in total. The lowest BCUT2D eigenvalue weighted by molar-refractivity contribution is -0.147. The van der Waals surface area contributed by atoms with E-state index in [4.69, 9.17) is 0 Å². The third-order valence-electron chi connectivity index (χ3n) is 3.97. The Morgan fingerprint density at radius 3 is 2.81 bits per heavy atom. The third-order valence-corrected chi connectivity index (χ3v) is 5.14. The number of aromatic nitrogens is 3. The van der Waals surface area contributed by atoms with Gasteiger partial charge in [0.25, 0.3) is 5.56 Å². The molecule has 7 heteroatoms. The van der Waals surface area contributed by atoms with E-state index in [1.54, 1.807) is 25.2 Å². The predicted molar refractivity (Wildman–Crippen MR) is 79.7 cm³/mol. The maximum atomic E-state index is 12.6. The topological polar surface area (TPSA) is 85.1 Å². The largest absolute Gasteiger partial charge is 0.481 e. The van der Waals surface area contributed by atoms with Gasteiger partial charge < -0.3 is 5.11 Å². The Bertz CT molecular complexity index is 776. The lowest BCUT2D eigenvalue weighted by atomic mass is 9.94. The molecule has 0 fully saturated rings.